The van der Waals surface area contributed by atoms with Gasteiger partial charge in [-0.1, -0.05) is 17.7 Å². The van der Waals surface area contributed by atoms with E-state index in [0.29, 0.717) is 5.92 Å². The van der Waals surface area contributed by atoms with Crippen LogP contribution in [-0.4, -0.2) is 31.0 Å². The molecule has 1 aliphatic heterocycles. The fraction of sp³-hybridized carbons (Fsp3) is 0.538. The minimum atomic E-state index is 0.102. The lowest BCUT2D eigenvalue weighted by atomic mass is 9.99. The van der Waals surface area contributed by atoms with E-state index in [-0.39, 0.29) is 12.6 Å². The first-order valence-electron chi connectivity index (χ1n) is 5.81. The molecule has 3 heteroatoms. The summed E-state index contributed by atoms with van der Waals surface area (Å²) in [7, 11) is 0. The third-order valence-electron chi connectivity index (χ3n) is 3.13. The molecule has 16 heavy (non-hydrogen) atoms. The van der Waals surface area contributed by atoms with Crippen molar-refractivity contribution >= 4 is 5.69 Å². The molecule has 0 saturated carbocycles. The molecule has 1 aromatic rings. The van der Waals surface area contributed by atoms with Crippen LogP contribution in [0.2, 0.25) is 0 Å². The predicted octanol–water partition coefficient (Wildman–Crippen LogP) is 1.80. The average molecular weight is 221 g/mol. The van der Waals surface area contributed by atoms with Crippen molar-refractivity contribution < 1.29 is 9.84 Å². The summed E-state index contributed by atoms with van der Waals surface area (Å²) < 4.78 is 5.35. The van der Waals surface area contributed by atoms with Crippen LogP contribution >= 0.6 is 0 Å². The van der Waals surface area contributed by atoms with Gasteiger partial charge in [-0.2, -0.15) is 0 Å². The molecule has 2 atom stereocenters. The zero-order chi connectivity index (χ0) is 11.4. The lowest BCUT2D eigenvalue weighted by Gasteiger charge is -2.22. The van der Waals surface area contributed by atoms with E-state index in [9.17, 15) is 5.11 Å². The van der Waals surface area contributed by atoms with Crippen LogP contribution in [0.5, 0.6) is 0 Å². The van der Waals surface area contributed by atoms with Crippen molar-refractivity contribution in [1.82, 2.24) is 0 Å². The molecule has 1 heterocycles. The zero-order valence-electron chi connectivity index (χ0n) is 9.65. The Morgan fingerprint density at radius 2 is 2.19 bits per heavy atom. The summed E-state index contributed by atoms with van der Waals surface area (Å²) in [5, 5.41) is 12.8. The molecule has 1 aromatic carbocycles. The van der Waals surface area contributed by atoms with Gasteiger partial charge in [-0.3, -0.25) is 0 Å². The lowest BCUT2D eigenvalue weighted by Crippen LogP contribution is -2.32. The zero-order valence-corrected chi connectivity index (χ0v) is 9.65. The van der Waals surface area contributed by atoms with Gasteiger partial charge in [0.2, 0.25) is 0 Å². The number of ether oxygens (including phenoxy) is 1. The molecular weight excluding hydrogens is 202 g/mol. The molecular formula is C13H19NO2. The van der Waals surface area contributed by atoms with E-state index in [1.54, 1.807) is 0 Å². The van der Waals surface area contributed by atoms with Gasteiger partial charge in [0.05, 0.1) is 19.3 Å². The molecule has 0 amide bonds. The van der Waals surface area contributed by atoms with Crippen LogP contribution in [0, 0.1) is 12.8 Å². The maximum atomic E-state index is 9.38. The Labute approximate surface area is 96.4 Å². The average Bonchev–Trinajstić information content (AvgIpc) is 2.82. The van der Waals surface area contributed by atoms with Crippen molar-refractivity contribution in [2.24, 2.45) is 5.92 Å². The second-order valence-corrected chi connectivity index (χ2v) is 4.42. The number of aliphatic hydroxyl groups excluding tert-OH is 1. The van der Waals surface area contributed by atoms with Crippen LogP contribution in [0.1, 0.15) is 12.0 Å². The summed E-state index contributed by atoms with van der Waals surface area (Å²) in [4.78, 5) is 0. The van der Waals surface area contributed by atoms with Gasteiger partial charge in [0.1, 0.15) is 0 Å². The third kappa shape index (κ3) is 2.74. The largest absolute Gasteiger partial charge is 0.394 e. The first-order chi connectivity index (χ1) is 7.79. The molecule has 2 unspecified atom stereocenters. The van der Waals surface area contributed by atoms with E-state index < -0.39 is 0 Å². The second kappa shape index (κ2) is 5.32. The van der Waals surface area contributed by atoms with Crippen LogP contribution < -0.4 is 5.32 Å². The SMILES string of the molecule is Cc1ccc(NC(CO)C2CCOC2)cc1. The normalized spacial score (nSPS) is 22.0. The molecule has 1 aliphatic rings. The topological polar surface area (TPSA) is 41.5 Å². The molecule has 0 aromatic heterocycles. The minimum Gasteiger partial charge on any atom is -0.394 e. The standard InChI is InChI=1S/C13H19NO2/c1-10-2-4-12(5-3-10)14-13(8-15)11-6-7-16-9-11/h2-5,11,13-15H,6-9H2,1H3. The van der Waals surface area contributed by atoms with E-state index in [2.05, 4.69) is 24.4 Å². The Kier molecular flexibility index (Phi) is 3.80. The van der Waals surface area contributed by atoms with Gasteiger partial charge in [0.25, 0.3) is 0 Å². The van der Waals surface area contributed by atoms with Crippen LogP contribution in [0.3, 0.4) is 0 Å². The number of hydrogen-bond donors (Lipinski definition) is 2. The van der Waals surface area contributed by atoms with Gasteiger partial charge in [0, 0.05) is 18.2 Å². The maximum Gasteiger partial charge on any atom is 0.0636 e. The Hall–Kier alpha value is -1.06. The Balaban J connectivity index is 1.97. The highest BCUT2D eigenvalue weighted by molar-refractivity contribution is 5.45. The van der Waals surface area contributed by atoms with Crippen LogP contribution in [0.4, 0.5) is 5.69 Å². The summed E-state index contributed by atoms with van der Waals surface area (Å²) >= 11 is 0. The molecule has 1 fully saturated rings. The monoisotopic (exact) mass is 221 g/mol. The number of benzene rings is 1. The fourth-order valence-electron chi connectivity index (χ4n) is 2.05. The molecule has 0 aliphatic carbocycles. The van der Waals surface area contributed by atoms with Crippen LogP contribution in [0.25, 0.3) is 0 Å². The first kappa shape index (κ1) is 11.4. The second-order valence-electron chi connectivity index (χ2n) is 4.42. The quantitative estimate of drug-likeness (QED) is 0.814. The number of nitrogens with one attached hydrogen (secondary N) is 1. The lowest BCUT2D eigenvalue weighted by molar-refractivity contribution is 0.170. The van der Waals surface area contributed by atoms with Crippen molar-refractivity contribution in [3.8, 4) is 0 Å². The van der Waals surface area contributed by atoms with Crippen molar-refractivity contribution in [2.45, 2.75) is 19.4 Å². The number of hydrogen-bond acceptors (Lipinski definition) is 3. The molecule has 88 valence electrons. The third-order valence-corrected chi connectivity index (χ3v) is 3.13. The summed E-state index contributed by atoms with van der Waals surface area (Å²) in [5.74, 6) is 0.423. The summed E-state index contributed by atoms with van der Waals surface area (Å²) in [6.45, 7) is 3.79. The van der Waals surface area contributed by atoms with Crippen LogP contribution in [-0.2, 0) is 4.74 Å². The molecule has 2 rings (SSSR count). The predicted molar refractivity (Wildman–Crippen MR) is 64.6 cm³/mol. The molecule has 2 N–H and O–H groups in total. The van der Waals surface area contributed by atoms with E-state index in [4.69, 9.17) is 4.74 Å². The minimum absolute atomic E-state index is 0.102. The van der Waals surface area contributed by atoms with E-state index in [1.165, 1.54) is 5.56 Å². The molecule has 0 spiro atoms. The smallest absolute Gasteiger partial charge is 0.0636 e. The van der Waals surface area contributed by atoms with Gasteiger partial charge < -0.3 is 15.2 Å². The van der Waals surface area contributed by atoms with Gasteiger partial charge >= 0.3 is 0 Å². The summed E-state index contributed by atoms with van der Waals surface area (Å²) in [5.41, 5.74) is 2.31. The van der Waals surface area contributed by atoms with E-state index >= 15 is 0 Å². The highest BCUT2D eigenvalue weighted by Gasteiger charge is 2.24. The fourth-order valence-corrected chi connectivity index (χ4v) is 2.05. The van der Waals surface area contributed by atoms with Crippen molar-refractivity contribution in [3.05, 3.63) is 29.8 Å². The Morgan fingerprint density at radius 3 is 2.75 bits per heavy atom. The van der Waals surface area contributed by atoms with E-state index in [1.807, 2.05) is 12.1 Å². The van der Waals surface area contributed by atoms with Gasteiger partial charge in [-0.05, 0) is 25.5 Å². The summed E-state index contributed by atoms with van der Waals surface area (Å²) in [6, 6.07) is 8.34. The van der Waals surface area contributed by atoms with Crippen molar-refractivity contribution in [1.29, 1.82) is 0 Å². The number of aliphatic hydroxyl groups is 1. The molecule has 3 nitrogen and oxygen atoms in total. The number of aryl methyl sites for hydroxylation is 1. The molecule has 0 bridgehead atoms. The van der Waals surface area contributed by atoms with Crippen molar-refractivity contribution in [2.75, 3.05) is 25.1 Å². The Bertz CT molecular complexity index is 317. The first-order valence-corrected chi connectivity index (χ1v) is 5.81. The van der Waals surface area contributed by atoms with Gasteiger partial charge in [-0.15, -0.1) is 0 Å². The van der Waals surface area contributed by atoms with Gasteiger partial charge in [-0.25, -0.2) is 0 Å². The number of rotatable bonds is 4. The van der Waals surface area contributed by atoms with E-state index in [0.717, 1.165) is 25.3 Å². The molecule has 1 saturated heterocycles. The maximum absolute atomic E-state index is 9.38. The summed E-state index contributed by atoms with van der Waals surface area (Å²) in [6.07, 6.45) is 1.03. The molecule has 0 radical (unpaired) electrons. The Morgan fingerprint density at radius 1 is 1.44 bits per heavy atom. The van der Waals surface area contributed by atoms with Crippen LogP contribution in [0.15, 0.2) is 24.3 Å². The van der Waals surface area contributed by atoms with Gasteiger partial charge in [0.15, 0.2) is 0 Å². The van der Waals surface area contributed by atoms with Crippen molar-refractivity contribution in [3.63, 3.8) is 0 Å². The number of anilines is 1. The highest BCUT2D eigenvalue weighted by atomic mass is 16.5. The highest BCUT2D eigenvalue weighted by Crippen LogP contribution is 2.20.